The third-order valence-electron chi connectivity index (χ3n) is 3.34. The van der Waals surface area contributed by atoms with Gasteiger partial charge < -0.3 is 10.6 Å². The standard InChI is InChI=1S/C16H19ClN4O2S/c1-19-16(21-11-13-4-2-3-5-15(13)17)20-10-12-6-8-14(9-7-12)24(18,22)23/h2-9H,10-11H2,1H3,(H2,18,22,23)(H2,19,20,21). The number of guanidine groups is 1. The molecule has 0 aromatic heterocycles. The second-order valence-corrected chi connectivity index (χ2v) is 7.03. The normalized spacial score (nSPS) is 12.0. The van der Waals surface area contributed by atoms with Crippen LogP contribution in [-0.4, -0.2) is 21.4 Å². The SMILES string of the molecule is CN=C(NCc1ccc(S(N)(=O)=O)cc1)NCc1ccccc1Cl. The van der Waals surface area contributed by atoms with Gasteiger partial charge in [0.25, 0.3) is 0 Å². The third kappa shape index (κ3) is 5.23. The molecular weight excluding hydrogens is 348 g/mol. The van der Waals surface area contributed by atoms with Crippen LogP contribution in [0.5, 0.6) is 0 Å². The Morgan fingerprint density at radius 2 is 1.71 bits per heavy atom. The maximum Gasteiger partial charge on any atom is 0.238 e. The van der Waals surface area contributed by atoms with Crippen molar-refractivity contribution >= 4 is 27.6 Å². The van der Waals surface area contributed by atoms with Crippen LogP contribution in [0.4, 0.5) is 0 Å². The number of hydrogen-bond donors (Lipinski definition) is 3. The van der Waals surface area contributed by atoms with E-state index >= 15 is 0 Å². The summed E-state index contributed by atoms with van der Waals surface area (Å²) < 4.78 is 22.5. The first-order valence-corrected chi connectivity index (χ1v) is 9.12. The lowest BCUT2D eigenvalue weighted by Gasteiger charge is -2.13. The molecule has 0 bridgehead atoms. The van der Waals surface area contributed by atoms with Crippen molar-refractivity contribution in [3.05, 3.63) is 64.7 Å². The summed E-state index contributed by atoms with van der Waals surface area (Å²) in [5, 5.41) is 12.1. The average Bonchev–Trinajstić information content (AvgIpc) is 2.56. The first-order valence-electron chi connectivity index (χ1n) is 7.20. The van der Waals surface area contributed by atoms with Gasteiger partial charge in [0, 0.05) is 25.2 Å². The summed E-state index contributed by atoms with van der Waals surface area (Å²) in [5.41, 5.74) is 1.88. The number of primary sulfonamides is 1. The molecule has 0 amide bonds. The predicted molar refractivity (Wildman–Crippen MR) is 96.3 cm³/mol. The highest BCUT2D eigenvalue weighted by molar-refractivity contribution is 7.89. The minimum Gasteiger partial charge on any atom is -0.352 e. The van der Waals surface area contributed by atoms with Gasteiger partial charge in [-0.05, 0) is 29.3 Å². The van der Waals surface area contributed by atoms with Crippen molar-refractivity contribution in [2.24, 2.45) is 10.1 Å². The first kappa shape index (κ1) is 18.3. The summed E-state index contributed by atoms with van der Waals surface area (Å²) in [7, 11) is -2.00. The first-order chi connectivity index (χ1) is 11.4. The van der Waals surface area contributed by atoms with Crippen LogP contribution in [0.3, 0.4) is 0 Å². The second kappa shape index (κ2) is 8.14. The molecule has 0 saturated carbocycles. The van der Waals surface area contributed by atoms with Gasteiger partial charge in [-0.3, -0.25) is 4.99 Å². The Labute approximate surface area is 146 Å². The number of nitrogens with one attached hydrogen (secondary N) is 2. The Morgan fingerprint density at radius 3 is 2.29 bits per heavy atom. The van der Waals surface area contributed by atoms with Crippen molar-refractivity contribution in [2.75, 3.05) is 7.05 Å². The van der Waals surface area contributed by atoms with E-state index in [1.165, 1.54) is 12.1 Å². The van der Waals surface area contributed by atoms with Crippen molar-refractivity contribution in [1.82, 2.24) is 10.6 Å². The van der Waals surface area contributed by atoms with Crippen LogP contribution in [0.25, 0.3) is 0 Å². The summed E-state index contributed by atoms with van der Waals surface area (Å²) >= 11 is 6.12. The fourth-order valence-corrected chi connectivity index (χ4v) is 2.74. The van der Waals surface area contributed by atoms with Crippen LogP contribution >= 0.6 is 11.6 Å². The summed E-state index contributed by atoms with van der Waals surface area (Å²) in [5.74, 6) is 0.616. The van der Waals surface area contributed by atoms with Gasteiger partial charge in [-0.1, -0.05) is 41.9 Å². The lowest BCUT2D eigenvalue weighted by Crippen LogP contribution is -2.36. The van der Waals surface area contributed by atoms with Crippen molar-refractivity contribution in [3.8, 4) is 0 Å². The molecule has 0 saturated heterocycles. The number of halogens is 1. The molecule has 6 nitrogen and oxygen atoms in total. The molecule has 0 heterocycles. The number of sulfonamides is 1. The molecule has 0 fully saturated rings. The number of nitrogens with two attached hydrogens (primary N) is 1. The molecule has 2 aromatic carbocycles. The molecule has 0 unspecified atom stereocenters. The van der Waals surface area contributed by atoms with Gasteiger partial charge in [0.2, 0.25) is 10.0 Å². The van der Waals surface area contributed by atoms with E-state index < -0.39 is 10.0 Å². The zero-order valence-electron chi connectivity index (χ0n) is 13.2. The van der Waals surface area contributed by atoms with Gasteiger partial charge in [0.05, 0.1) is 4.90 Å². The Hall–Kier alpha value is -2.09. The van der Waals surface area contributed by atoms with Gasteiger partial charge in [0.15, 0.2) is 5.96 Å². The fraction of sp³-hybridized carbons (Fsp3) is 0.188. The summed E-state index contributed by atoms with van der Waals surface area (Å²) in [6.07, 6.45) is 0. The third-order valence-corrected chi connectivity index (χ3v) is 4.64. The smallest absolute Gasteiger partial charge is 0.238 e. The Bertz CT molecular complexity index is 820. The van der Waals surface area contributed by atoms with E-state index in [9.17, 15) is 8.42 Å². The van der Waals surface area contributed by atoms with Crippen molar-refractivity contribution < 1.29 is 8.42 Å². The molecule has 8 heteroatoms. The molecule has 0 aliphatic rings. The van der Waals surface area contributed by atoms with Crippen LogP contribution in [-0.2, 0) is 23.1 Å². The van der Waals surface area contributed by atoms with Crippen LogP contribution in [0, 0.1) is 0 Å². The highest BCUT2D eigenvalue weighted by Gasteiger charge is 2.07. The Kier molecular flexibility index (Phi) is 6.19. The molecule has 0 radical (unpaired) electrons. The highest BCUT2D eigenvalue weighted by atomic mass is 35.5. The van der Waals surface area contributed by atoms with Gasteiger partial charge >= 0.3 is 0 Å². The number of benzene rings is 2. The monoisotopic (exact) mass is 366 g/mol. The average molecular weight is 367 g/mol. The Balaban J connectivity index is 1.91. The van der Waals surface area contributed by atoms with E-state index in [1.807, 2.05) is 24.3 Å². The summed E-state index contributed by atoms with van der Waals surface area (Å²) in [4.78, 5) is 4.23. The quantitative estimate of drug-likeness (QED) is 0.555. The number of rotatable bonds is 5. The van der Waals surface area contributed by atoms with Gasteiger partial charge in [0.1, 0.15) is 0 Å². The molecule has 24 heavy (non-hydrogen) atoms. The largest absolute Gasteiger partial charge is 0.352 e. The van der Waals surface area contributed by atoms with Crippen LogP contribution in [0.1, 0.15) is 11.1 Å². The van der Waals surface area contributed by atoms with Crippen molar-refractivity contribution in [3.63, 3.8) is 0 Å². The number of hydrogen-bond acceptors (Lipinski definition) is 3. The zero-order chi connectivity index (χ0) is 17.6. The molecule has 0 spiro atoms. The van der Waals surface area contributed by atoms with Crippen LogP contribution in [0.2, 0.25) is 5.02 Å². The molecule has 2 aromatic rings. The molecule has 0 aliphatic heterocycles. The highest BCUT2D eigenvalue weighted by Crippen LogP contribution is 2.14. The van der Waals surface area contributed by atoms with E-state index in [0.717, 1.165) is 11.1 Å². The second-order valence-electron chi connectivity index (χ2n) is 5.06. The Morgan fingerprint density at radius 1 is 1.08 bits per heavy atom. The molecule has 4 N–H and O–H groups in total. The molecule has 2 rings (SSSR count). The zero-order valence-corrected chi connectivity index (χ0v) is 14.7. The van der Waals surface area contributed by atoms with E-state index in [-0.39, 0.29) is 4.90 Å². The summed E-state index contributed by atoms with van der Waals surface area (Å²) in [6, 6.07) is 13.9. The maximum absolute atomic E-state index is 11.2. The molecule has 0 aliphatic carbocycles. The number of aliphatic imine (C=N–C) groups is 1. The number of nitrogens with zero attached hydrogens (tertiary/aromatic N) is 1. The minimum atomic E-state index is -3.67. The summed E-state index contributed by atoms with van der Waals surface area (Å²) in [6.45, 7) is 1.04. The van der Waals surface area contributed by atoms with Crippen LogP contribution < -0.4 is 15.8 Å². The molecule has 0 atom stereocenters. The van der Waals surface area contributed by atoms with Crippen molar-refractivity contribution in [2.45, 2.75) is 18.0 Å². The predicted octanol–water partition coefficient (Wildman–Crippen LogP) is 1.85. The van der Waals surface area contributed by atoms with Gasteiger partial charge in [-0.2, -0.15) is 0 Å². The lowest BCUT2D eigenvalue weighted by atomic mass is 10.2. The fourth-order valence-electron chi connectivity index (χ4n) is 2.02. The van der Waals surface area contributed by atoms with E-state index in [1.54, 1.807) is 19.2 Å². The minimum absolute atomic E-state index is 0.0903. The molecular formula is C16H19ClN4O2S. The maximum atomic E-state index is 11.2. The van der Waals surface area contributed by atoms with E-state index in [4.69, 9.17) is 16.7 Å². The van der Waals surface area contributed by atoms with Crippen molar-refractivity contribution in [1.29, 1.82) is 0 Å². The lowest BCUT2D eigenvalue weighted by molar-refractivity contribution is 0.597. The van der Waals surface area contributed by atoms with E-state index in [2.05, 4.69) is 15.6 Å². The van der Waals surface area contributed by atoms with Gasteiger partial charge in [-0.15, -0.1) is 0 Å². The van der Waals surface area contributed by atoms with Gasteiger partial charge in [-0.25, -0.2) is 13.6 Å². The van der Waals surface area contributed by atoms with E-state index in [0.29, 0.717) is 24.1 Å². The van der Waals surface area contributed by atoms with Crippen LogP contribution in [0.15, 0.2) is 58.4 Å². The topological polar surface area (TPSA) is 96.6 Å². The molecule has 128 valence electrons.